The molecule has 7 aromatic carbocycles. The molecule has 3 unspecified atom stereocenters. The van der Waals surface area contributed by atoms with Gasteiger partial charge >= 0.3 is 17.9 Å². The van der Waals surface area contributed by atoms with Crippen LogP contribution in [0.1, 0.15) is 69.3 Å². The van der Waals surface area contributed by atoms with Crippen LogP contribution < -0.4 is 16.0 Å². The molecule has 5 aromatic heterocycles. The minimum atomic E-state index is -1.20. The maximum atomic E-state index is 15.0. The third-order valence-corrected chi connectivity index (χ3v) is 15.6. The van der Waals surface area contributed by atoms with E-state index in [-0.39, 0.29) is 36.5 Å². The molecule has 96 heavy (non-hydrogen) atoms. The van der Waals surface area contributed by atoms with Gasteiger partial charge in [0.2, 0.25) is 0 Å². The lowest BCUT2D eigenvalue weighted by Crippen LogP contribution is -2.41. The van der Waals surface area contributed by atoms with Crippen LogP contribution in [0.15, 0.2) is 246 Å². The van der Waals surface area contributed by atoms with E-state index >= 15 is 0 Å². The first-order chi connectivity index (χ1) is 46.8. The van der Waals surface area contributed by atoms with Crippen molar-refractivity contribution in [1.29, 1.82) is 0 Å². The minimum Gasteiger partial charge on any atom is -0.480 e. The quantitative estimate of drug-likeness (QED) is 0.0309. The maximum Gasteiger partial charge on any atom is 0.336 e. The van der Waals surface area contributed by atoms with Gasteiger partial charge in [0, 0.05) is 61.6 Å². The van der Waals surface area contributed by atoms with Crippen molar-refractivity contribution in [2.75, 3.05) is 16.0 Å². The Bertz CT molecular complexity index is 4600. The SMILES string of the molecule is CCc1ccc(CC(Nc2ncc(-c3ccccc3F)nc2Cc2ccccc2)C(=O)OC(=O)C(Cc2ccc(C)o2)Nc2ncc(-c3cccc(F)c3)nc2Cc2ccccc2)o1.O=C(O)C(Cc1ccccc1F)Nc1ncc(-c2ccccc2)nc1Cc1ccccc1. The summed E-state index contributed by atoms with van der Waals surface area (Å²) in [6.45, 7) is 3.74. The maximum absolute atomic E-state index is 15.0. The Hall–Kier alpha value is -11.9. The van der Waals surface area contributed by atoms with Crippen LogP contribution in [0.25, 0.3) is 33.8 Å². The zero-order chi connectivity index (χ0) is 66.8. The molecule has 0 aliphatic heterocycles. The van der Waals surface area contributed by atoms with E-state index < -0.39 is 53.5 Å². The first-order valence-electron chi connectivity index (χ1n) is 31.2. The van der Waals surface area contributed by atoms with Crippen molar-refractivity contribution in [3.63, 3.8) is 0 Å². The summed E-state index contributed by atoms with van der Waals surface area (Å²) in [6, 6.07) is 60.8. The van der Waals surface area contributed by atoms with Crippen LogP contribution in [0.2, 0.25) is 0 Å². The summed E-state index contributed by atoms with van der Waals surface area (Å²) < 4.78 is 61.1. The van der Waals surface area contributed by atoms with Gasteiger partial charge < -0.3 is 34.6 Å². The fraction of sp³-hybridized carbons (Fsp3) is 0.156. The number of nitrogens with one attached hydrogen (secondary N) is 3. The number of carboxylic acids is 1. The Kier molecular flexibility index (Phi) is 21.6. The standard InChI is InChI=1S/C51H44F2N6O5.C26H22FN3O2/c1-3-37-23-24-39(63-37)29-45(59-49-43(26-34-15-8-5-9-16-34)57-47(31-55-49)40-19-10-11-20-41(40)53)51(61)64-50(60)44(28-38-22-21-32(2)62-38)58-48-42(25-33-13-6-4-7-14-33)56-46(30-54-48)35-17-12-18-36(52)27-35;27-21-14-8-7-13-20(21)16-23(26(31)32)30-25-22(15-18-9-3-1-4-10-18)29-24(17-28-25)19-11-5-2-6-12-19/h4-24,27,30-31,44-45H,3,25-26,28-29H2,1-2H3,(H,54,58)(H,55,59);1-14,17,23H,15-16H2,(H,28,30)(H,31,32). The molecule has 0 amide bonds. The number of carbonyl (C=O) groups is 3. The molecule has 0 saturated heterocycles. The fourth-order valence-electron chi connectivity index (χ4n) is 10.6. The number of aliphatic carboxylic acids is 1. The minimum absolute atomic E-state index is 0.0155. The Balaban J connectivity index is 0.000000244. The van der Waals surface area contributed by atoms with Crippen LogP contribution in [0, 0.1) is 24.4 Å². The average molecular weight is 1290 g/mol. The average Bonchev–Trinajstić information content (AvgIpc) is 0.921. The molecule has 0 aliphatic rings. The van der Waals surface area contributed by atoms with E-state index in [1.807, 2.05) is 134 Å². The Morgan fingerprint density at radius 2 is 0.896 bits per heavy atom. The molecule has 3 atom stereocenters. The molecule has 0 radical (unpaired) electrons. The summed E-state index contributed by atoms with van der Waals surface area (Å²) >= 11 is 0. The molecule has 19 heteroatoms. The molecule has 4 N–H and O–H groups in total. The normalized spacial score (nSPS) is 11.9. The van der Waals surface area contributed by atoms with Gasteiger partial charge in [0.25, 0.3) is 0 Å². The van der Waals surface area contributed by atoms with Crippen molar-refractivity contribution in [2.24, 2.45) is 0 Å². The van der Waals surface area contributed by atoms with E-state index in [1.165, 1.54) is 36.7 Å². The third-order valence-electron chi connectivity index (χ3n) is 15.6. The van der Waals surface area contributed by atoms with Crippen LogP contribution in [0.3, 0.4) is 0 Å². The molecular formula is C77H66F3N9O7. The summed E-state index contributed by atoms with van der Waals surface area (Å²) in [5, 5.41) is 19.2. The van der Waals surface area contributed by atoms with Crippen molar-refractivity contribution in [1.82, 2.24) is 29.9 Å². The summed E-state index contributed by atoms with van der Waals surface area (Å²) in [7, 11) is 0. The molecule has 12 aromatic rings. The van der Waals surface area contributed by atoms with Crippen molar-refractivity contribution in [3.8, 4) is 33.8 Å². The van der Waals surface area contributed by atoms with Gasteiger partial charge in [-0.15, -0.1) is 0 Å². The van der Waals surface area contributed by atoms with Gasteiger partial charge in [-0.3, -0.25) is 0 Å². The van der Waals surface area contributed by atoms with E-state index in [0.717, 1.165) is 22.3 Å². The van der Waals surface area contributed by atoms with Crippen LogP contribution in [-0.4, -0.2) is 71.0 Å². The van der Waals surface area contributed by atoms with Crippen LogP contribution in [-0.2, 0) is 64.1 Å². The molecule has 16 nitrogen and oxygen atoms in total. The number of rotatable bonds is 25. The highest BCUT2D eigenvalue weighted by molar-refractivity contribution is 5.93. The van der Waals surface area contributed by atoms with Crippen LogP contribution in [0.5, 0.6) is 0 Å². The third kappa shape index (κ3) is 17.6. The highest BCUT2D eigenvalue weighted by atomic mass is 19.1. The van der Waals surface area contributed by atoms with Crippen LogP contribution in [0.4, 0.5) is 30.6 Å². The molecule has 0 bridgehead atoms. The highest BCUT2D eigenvalue weighted by Crippen LogP contribution is 2.29. The second kappa shape index (κ2) is 31.6. The van der Waals surface area contributed by atoms with E-state index in [9.17, 15) is 32.7 Å². The molecule has 0 fully saturated rings. The molecule has 0 saturated carbocycles. The van der Waals surface area contributed by atoms with Gasteiger partial charge in [0.15, 0.2) is 0 Å². The lowest BCUT2D eigenvalue weighted by Gasteiger charge is -2.22. The number of halogens is 3. The number of carboxylic acid groups (broad SMARTS) is 1. The van der Waals surface area contributed by atoms with Crippen molar-refractivity contribution in [3.05, 3.63) is 317 Å². The lowest BCUT2D eigenvalue weighted by atomic mass is 10.0. The van der Waals surface area contributed by atoms with E-state index in [4.69, 9.17) is 28.5 Å². The predicted molar refractivity (Wildman–Crippen MR) is 360 cm³/mol. The van der Waals surface area contributed by atoms with Gasteiger partial charge in [0.05, 0.1) is 52.8 Å². The molecule has 12 rings (SSSR count). The number of aryl methyl sites for hydroxylation is 2. The summed E-state index contributed by atoms with van der Waals surface area (Å²) in [6.07, 6.45) is 6.21. The number of esters is 2. The van der Waals surface area contributed by atoms with E-state index in [0.29, 0.717) is 99.8 Å². The van der Waals surface area contributed by atoms with Gasteiger partial charge in [0.1, 0.15) is 76.1 Å². The summed E-state index contributed by atoms with van der Waals surface area (Å²) in [4.78, 5) is 69.1. The summed E-state index contributed by atoms with van der Waals surface area (Å²) in [5.41, 5.74) is 7.85. The summed E-state index contributed by atoms with van der Waals surface area (Å²) in [5.74, 6) is -1.08. The van der Waals surface area contributed by atoms with Gasteiger partial charge in [-0.05, 0) is 83.8 Å². The van der Waals surface area contributed by atoms with Crippen molar-refractivity contribution in [2.45, 2.75) is 76.9 Å². The first-order valence-corrected chi connectivity index (χ1v) is 31.2. The smallest absolute Gasteiger partial charge is 0.336 e. The van der Waals surface area contributed by atoms with E-state index in [2.05, 4.69) is 30.9 Å². The van der Waals surface area contributed by atoms with Crippen molar-refractivity contribution >= 4 is 35.4 Å². The monoisotopic (exact) mass is 1290 g/mol. The Labute approximate surface area is 552 Å². The topological polar surface area (TPSA) is 220 Å². The number of furan rings is 2. The lowest BCUT2D eigenvalue weighted by molar-refractivity contribution is -0.161. The fourth-order valence-corrected chi connectivity index (χ4v) is 10.6. The highest BCUT2D eigenvalue weighted by Gasteiger charge is 2.32. The number of hydrogen-bond donors (Lipinski definition) is 4. The van der Waals surface area contributed by atoms with E-state index in [1.54, 1.807) is 79.9 Å². The molecule has 5 heterocycles. The predicted octanol–water partition coefficient (Wildman–Crippen LogP) is 14.9. The van der Waals surface area contributed by atoms with Gasteiger partial charge in [-0.25, -0.2) is 57.5 Å². The number of hydrogen-bond acceptors (Lipinski definition) is 15. The van der Waals surface area contributed by atoms with Crippen LogP contribution >= 0.6 is 0 Å². The number of benzene rings is 7. The molecule has 482 valence electrons. The van der Waals surface area contributed by atoms with Crippen molar-refractivity contribution < 1.29 is 46.2 Å². The van der Waals surface area contributed by atoms with Gasteiger partial charge in [-0.2, -0.15) is 0 Å². The molecule has 0 aliphatic carbocycles. The second-order valence-corrected chi connectivity index (χ2v) is 22.6. The number of carbonyl (C=O) groups excluding carboxylic acids is 2. The largest absolute Gasteiger partial charge is 0.480 e. The number of nitrogens with zero attached hydrogens (tertiary/aromatic N) is 6. The Morgan fingerprint density at radius 1 is 0.458 bits per heavy atom. The zero-order valence-electron chi connectivity index (χ0n) is 52.4. The zero-order valence-corrected chi connectivity index (χ0v) is 52.4. The molecule has 0 spiro atoms. The number of anilines is 3. The number of aromatic nitrogens is 6. The molecular weight excluding hydrogens is 1220 g/mol. The second-order valence-electron chi connectivity index (χ2n) is 22.6. The van der Waals surface area contributed by atoms with Gasteiger partial charge in [-0.1, -0.05) is 171 Å². The first kappa shape index (κ1) is 65.6. The Morgan fingerprint density at radius 3 is 1.39 bits per heavy atom. The number of ether oxygens (including phenoxy) is 1.